The van der Waals surface area contributed by atoms with Gasteiger partial charge in [-0.2, -0.15) is 0 Å². The average molecular weight is 278 g/mol. The Morgan fingerprint density at radius 2 is 1.52 bits per heavy atom. The van der Waals surface area contributed by atoms with Gasteiger partial charge in [-0.15, -0.1) is 0 Å². The number of anilines is 1. The van der Waals surface area contributed by atoms with E-state index >= 15 is 0 Å². The molecule has 2 atom stereocenters. The Morgan fingerprint density at radius 1 is 0.810 bits per heavy atom. The van der Waals surface area contributed by atoms with Crippen molar-refractivity contribution in [2.24, 2.45) is 0 Å². The van der Waals surface area contributed by atoms with Crippen LogP contribution in [0.4, 0.5) is 5.69 Å². The highest BCUT2D eigenvalue weighted by atomic mass is 15.3. The van der Waals surface area contributed by atoms with Gasteiger partial charge in [0.1, 0.15) is 0 Å². The van der Waals surface area contributed by atoms with Crippen molar-refractivity contribution in [2.75, 3.05) is 24.5 Å². The third-order valence-electron chi connectivity index (χ3n) is 4.97. The van der Waals surface area contributed by atoms with Crippen molar-refractivity contribution in [3.8, 4) is 0 Å². The predicted molar refractivity (Wildman–Crippen MR) is 87.7 cm³/mol. The van der Waals surface area contributed by atoms with E-state index in [0.29, 0.717) is 6.04 Å². The standard InChI is InChI=1S/C19H22N2/c1-3-7-16(8-4-1)11-12-20-14-19-13-18(20)15-21(19)17-9-5-2-6-10-17/h1-10,18-19H,11-15H2/t18-,19-/m0/s1. The van der Waals surface area contributed by atoms with Gasteiger partial charge in [-0.25, -0.2) is 0 Å². The van der Waals surface area contributed by atoms with Gasteiger partial charge < -0.3 is 4.90 Å². The van der Waals surface area contributed by atoms with Crippen LogP contribution >= 0.6 is 0 Å². The van der Waals surface area contributed by atoms with E-state index in [9.17, 15) is 0 Å². The van der Waals surface area contributed by atoms with Gasteiger partial charge in [-0.05, 0) is 30.5 Å². The van der Waals surface area contributed by atoms with Crippen molar-refractivity contribution in [1.29, 1.82) is 0 Å². The number of para-hydroxylation sites is 1. The second-order valence-electron chi connectivity index (χ2n) is 6.26. The maximum Gasteiger partial charge on any atom is 0.0433 e. The Kier molecular flexibility index (Phi) is 3.40. The summed E-state index contributed by atoms with van der Waals surface area (Å²) in [4.78, 5) is 5.29. The molecule has 4 rings (SSSR count). The molecule has 2 aliphatic heterocycles. The number of benzene rings is 2. The quantitative estimate of drug-likeness (QED) is 0.847. The minimum Gasteiger partial charge on any atom is -0.366 e. The number of hydrogen-bond donors (Lipinski definition) is 0. The maximum atomic E-state index is 2.69. The van der Waals surface area contributed by atoms with E-state index in [4.69, 9.17) is 0 Å². The fourth-order valence-corrected chi connectivity index (χ4v) is 3.88. The minimum absolute atomic E-state index is 0.716. The first kappa shape index (κ1) is 12.9. The van der Waals surface area contributed by atoms with E-state index in [2.05, 4.69) is 70.5 Å². The van der Waals surface area contributed by atoms with Gasteiger partial charge in [0.2, 0.25) is 0 Å². The first-order valence-corrected chi connectivity index (χ1v) is 8.00. The summed E-state index contributed by atoms with van der Waals surface area (Å²) in [6.07, 6.45) is 2.51. The lowest BCUT2D eigenvalue weighted by atomic mass is 10.1. The van der Waals surface area contributed by atoms with Crippen LogP contribution in [0.2, 0.25) is 0 Å². The summed E-state index contributed by atoms with van der Waals surface area (Å²) in [5.41, 5.74) is 2.85. The van der Waals surface area contributed by atoms with Gasteiger partial charge >= 0.3 is 0 Å². The summed E-state index contributed by atoms with van der Waals surface area (Å²) in [7, 11) is 0. The number of hydrogen-bond acceptors (Lipinski definition) is 2. The maximum absolute atomic E-state index is 2.69. The van der Waals surface area contributed by atoms with Crippen LogP contribution in [0.25, 0.3) is 0 Å². The highest BCUT2D eigenvalue weighted by molar-refractivity contribution is 5.49. The molecule has 0 aliphatic carbocycles. The van der Waals surface area contributed by atoms with Crippen LogP contribution < -0.4 is 4.90 Å². The van der Waals surface area contributed by atoms with Crippen molar-refractivity contribution >= 4 is 5.69 Å². The molecule has 2 nitrogen and oxygen atoms in total. The second-order valence-corrected chi connectivity index (χ2v) is 6.26. The van der Waals surface area contributed by atoms with Crippen molar-refractivity contribution in [1.82, 2.24) is 4.90 Å². The van der Waals surface area contributed by atoms with Gasteiger partial charge in [-0.1, -0.05) is 48.5 Å². The lowest BCUT2D eigenvalue weighted by Gasteiger charge is -2.35. The van der Waals surface area contributed by atoms with E-state index in [1.165, 1.54) is 43.7 Å². The van der Waals surface area contributed by atoms with Gasteiger partial charge in [0, 0.05) is 37.4 Å². The molecule has 0 N–H and O–H groups in total. The highest BCUT2D eigenvalue weighted by Crippen LogP contribution is 2.34. The SMILES string of the molecule is c1ccc(CCN2C[C@@H]3C[C@H]2CN3c2ccccc2)cc1. The first-order valence-electron chi connectivity index (χ1n) is 8.00. The molecule has 21 heavy (non-hydrogen) atoms. The molecule has 0 unspecified atom stereocenters. The van der Waals surface area contributed by atoms with Crippen LogP contribution in [0.15, 0.2) is 60.7 Å². The number of likely N-dealkylation sites (tertiary alicyclic amines) is 1. The van der Waals surface area contributed by atoms with Crippen molar-refractivity contribution in [3.63, 3.8) is 0 Å². The van der Waals surface area contributed by atoms with E-state index < -0.39 is 0 Å². The summed E-state index contributed by atoms with van der Waals surface area (Å²) in [5.74, 6) is 0. The van der Waals surface area contributed by atoms with E-state index in [0.717, 1.165) is 6.04 Å². The third-order valence-corrected chi connectivity index (χ3v) is 4.97. The minimum atomic E-state index is 0.716. The molecule has 0 radical (unpaired) electrons. The van der Waals surface area contributed by atoms with Gasteiger partial charge in [-0.3, -0.25) is 4.90 Å². The normalized spacial score (nSPS) is 24.7. The van der Waals surface area contributed by atoms with Crippen LogP contribution in [-0.4, -0.2) is 36.6 Å². The fourth-order valence-electron chi connectivity index (χ4n) is 3.88. The van der Waals surface area contributed by atoms with E-state index in [-0.39, 0.29) is 0 Å². The van der Waals surface area contributed by atoms with Crippen molar-refractivity contribution < 1.29 is 0 Å². The Balaban J connectivity index is 1.37. The summed E-state index contributed by atoms with van der Waals surface area (Å²) >= 11 is 0. The molecule has 0 saturated carbocycles. The summed E-state index contributed by atoms with van der Waals surface area (Å²) in [5, 5.41) is 0. The Labute approximate surface area is 127 Å². The highest BCUT2D eigenvalue weighted by Gasteiger charge is 2.42. The molecule has 2 aromatic rings. The average Bonchev–Trinajstić information content (AvgIpc) is 3.15. The molecule has 0 amide bonds. The zero-order valence-corrected chi connectivity index (χ0v) is 12.4. The topological polar surface area (TPSA) is 6.48 Å². The number of rotatable bonds is 4. The summed E-state index contributed by atoms with van der Waals surface area (Å²) in [6, 6.07) is 23.2. The number of piperazine rings is 1. The van der Waals surface area contributed by atoms with Crippen molar-refractivity contribution in [2.45, 2.75) is 24.9 Å². The molecule has 2 heteroatoms. The molecule has 2 fully saturated rings. The summed E-state index contributed by atoms with van der Waals surface area (Å²) < 4.78 is 0. The lowest BCUT2D eigenvalue weighted by molar-refractivity contribution is 0.242. The smallest absolute Gasteiger partial charge is 0.0433 e. The molecule has 2 aliphatic rings. The lowest BCUT2D eigenvalue weighted by Crippen LogP contribution is -2.47. The Hall–Kier alpha value is -1.80. The molecule has 0 aromatic heterocycles. The largest absolute Gasteiger partial charge is 0.366 e. The zero-order valence-electron chi connectivity index (χ0n) is 12.4. The van der Waals surface area contributed by atoms with Gasteiger partial charge in [0.15, 0.2) is 0 Å². The predicted octanol–water partition coefficient (Wildman–Crippen LogP) is 3.19. The molecule has 108 valence electrons. The van der Waals surface area contributed by atoms with Gasteiger partial charge in [0.25, 0.3) is 0 Å². The molecule has 2 bridgehead atoms. The number of fused-ring (bicyclic) bond motifs is 2. The Morgan fingerprint density at radius 3 is 2.19 bits per heavy atom. The zero-order chi connectivity index (χ0) is 14.1. The van der Waals surface area contributed by atoms with E-state index in [1.54, 1.807) is 0 Å². The molecule has 0 spiro atoms. The Bertz CT molecular complexity index is 581. The van der Waals surface area contributed by atoms with Crippen LogP contribution in [0.1, 0.15) is 12.0 Å². The fraction of sp³-hybridized carbons (Fsp3) is 0.368. The third kappa shape index (κ3) is 2.56. The van der Waals surface area contributed by atoms with Crippen LogP contribution in [0, 0.1) is 0 Å². The first-order chi connectivity index (χ1) is 10.4. The monoisotopic (exact) mass is 278 g/mol. The number of nitrogens with zero attached hydrogens (tertiary/aromatic N) is 2. The van der Waals surface area contributed by atoms with Crippen molar-refractivity contribution in [3.05, 3.63) is 66.2 Å². The molecule has 2 heterocycles. The molecular weight excluding hydrogens is 256 g/mol. The van der Waals surface area contributed by atoms with E-state index in [1.807, 2.05) is 0 Å². The summed E-state index contributed by atoms with van der Waals surface area (Å²) in [6.45, 7) is 3.63. The molecule has 2 aromatic carbocycles. The molecule has 2 saturated heterocycles. The van der Waals surface area contributed by atoms with Crippen LogP contribution in [-0.2, 0) is 6.42 Å². The van der Waals surface area contributed by atoms with Gasteiger partial charge in [0.05, 0.1) is 0 Å². The van der Waals surface area contributed by atoms with Crippen LogP contribution in [0.3, 0.4) is 0 Å². The molecular formula is C19H22N2. The van der Waals surface area contributed by atoms with Crippen LogP contribution in [0.5, 0.6) is 0 Å². The second kappa shape index (κ2) is 5.53.